The van der Waals surface area contributed by atoms with Gasteiger partial charge < -0.3 is 58.8 Å². The molecular formula is C47H58N8O10. The highest BCUT2D eigenvalue weighted by molar-refractivity contribution is 6.07. The number of H-pyrrole nitrogens is 2. The van der Waals surface area contributed by atoms with Gasteiger partial charge in [0.1, 0.15) is 36.1 Å². The van der Waals surface area contributed by atoms with Gasteiger partial charge in [-0.25, -0.2) is 19.6 Å². The van der Waals surface area contributed by atoms with Crippen molar-refractivity contribution >= 4 is 45.8 Å². The standard InChI is InChI=1S/C47H58N8O10/c1-9-26-14-36(54(20-26)44(56)39(24(2)61-5)52-46(58)63-7)42-48-19-35(50-42)29-10-12-31-30(16-29)23-65-38-18-32-28(17-33(31)38)11-13-34-41(32)51-43(49-34)37-15-27(22-60-4)21-55(37)45(57)40(25(3)62-6)53-47(59)64-8/h10-13,16-19,24-27,36-37,39-40H,9,14-15,20-23H2,1-8H3,(H,48,50)(H,49,51)(H,52,58)(H,53,59)/t24-,25-,26-,27-,36-,37-,39-,40-/m0/s1. The maximum absolute atomic E-state index is 14.2. The molecule has 0 saturated carbocycles. The summed E-state index contributed by atoms with van der Waals surface area (Å²) in [4.78, 5) is 73.1. The maximum atomic E-state index is 14.2. The lowest BCUT2D eigenvalue weighted by Crippen LogP contribution is -2.54. The minimum absolute atomic E-state index is 0.0512. The number of aromatic amines is 2. The first-order chi connectivity index (χ1) is 31.4. The van der Waals surface area contributed by atoms with Crippen LogP contribution >= 0.6 is 0 Å². The molecule has 346 valence electrons. The smallest absolute Gasteiger partial charge is 0.407 e. The number of amides is 4. The summed E-state index contributed by atoms with van der Waals surface area (Å²) in [5, 5.41) is 7.21. The summed E-state index contributed by atoms with van der Waals surface area (Å²) in [7, 11) is 7.16. The second kappa shape index (κ2) is 19.1. The third kappa shape index (κ3) is 8.81. The molecule has 2 saturated heterocycles. The highest BCUT2D eigenvalue weighted by Gasteiger charge is 2.44. The Labute approximate surface area is 377 Å². The number of hydrogen-bond donors (Lipinski definition) is 4. The van der Waals surface area contributed by atoms with E-state index >= 15 is 0 Å². The predicted molar refractivity (Wildman–Crippen MR) is 240 cm³/mol. The van der Waals surface area contributed by atoms with E-state index in [1.54, 1.807) is 37.0 Å². The number of benzene rings is 3. The normalized spacial score (nSPS) is 21.0. The van der Waals surface area contributed by atoms with Crippen LogP contribution in [0.1, 0.15) is 69.3 Å². The number of carbonyl (C=O) groups is 4. The number of fused-ring (bicyclic) bond motifs is 6. The summed E-state index contributed by atoms with van der Waals surface area (Å²) < 4.78 is 32.6. The van der Waals surface area contributed by atoms with Crippen LogP contribution in [0.5, 0.6) is 5.75 Å². The Balaban J connectivity index is 1.06. The van der Waals surface area contributed by atoms with Crippen LogP contribution in [0.3, 0.4) is 0 Å². The molecule has 18 heteroatoms. The van der Waals surface area contributed by atoms with E-state index in [0.29, 0.717) is 44.4 Å². The SMILES string of the molecule is CC[C@H]1C[C@@H](c2ncc(-c3ccc4c(c3)COc3cc5c(ccc6[nH]c([C@@H]7C[C@H](COC)CN7C(=O)[C@@H](NC(=O)OC)[C@H](C)OC)nc65)cc3-4)[nH]2)N(C(=O)[C@@H](NC(=O)OC)[C@H](C)OC)C1. The van der Waals surface area contributed by atoms with Crippen LogP contribution in [0, 0.1) is 11.8 Å². The number of nitrogens with zero attached hydrogens (tertiary/aromatic N) is 4. The first-order valence-electron chi connectivity index (χ1n) is 22.0. The zero-order chi connectivity index (χ0) is 46.1. The molecular weight excluding hydrogens is 837 g/mol. The van der Waals surface area contributed by atoms with Crippen molar-refractivity contribution in [3.8, 4) is 28.1 Å². The summed E-state index contributed by atoms with van der Waals surface area (Å²) in [5.41, 5.74) is 6.35. The third-order valence-electron chi connectivity index (χ3n) is 13.4. The van der Waals surface area contributed by atoms with Crippen LogP contribution in [0.2, 0.25) is 0 Å². The van der Waals surface area contributed by atoms with Crippen LogP contribution < -0.4 is 15.4 Å². The van der Waals surface area contributed by atoms with E-state index < -0.39 is 42.5 Å². The summed E-state index contributed by atoms with van der Waals surface area (Å²) in [6.45, 7) is 7.34. The molecule has 0 spiro atoms. The molecule has 3 aliphatic heterocycles. The largest absolute Gasteiger partial charge is 0.488 e. The van der Waals surface area contributed by atoms with E-state index in [0.717, 1.165) is 68.3 Å². The van der Waals surface area contributed by atoms with Crippen LogP contribution in [0.25, 0.3) is 44.2 Å². The molecule has 0 unspecified atom stereocenters. The Kier molecular flexibility index (Phi) is 13.3. The number of ether oxygens (including phenoxy) is 6. The minimum atomic E-state index is -0.974. The maximum Gasteiger partial charge on any atom is 0.407 e. The highest BCUT2D eigenvalue weighted by Crippen LogP contribution is 2.44. The molecule has 5 heterocycles. The summed E-state index contributed by atoms with van der Waals surface area (Å²) in [5.74, 6) is 1.81. The van der Waals surface area contributed by atoms with Crippen molar-refractivity contribution < 1.29 is 47.6 Å². The van der Waals surface area contributed by atoms with Gasteiger partial charge in [0.15, 0.2) is 0 Å². The number of methoxy groups -OCH3 is 5. The van der Waals surface area contributed by atoms with E-state index in [4.69, 9.17) is 38.4 Å². The number of alkyl carbamates (subject to hydrolysis) is 2. The van der Waals surface area contributed by atoms with Gasteiger partial charge in [-0.05, 0) is 78.9 Å². The first-order valence-corrected chi connectivity index (χ1v) is 22.0. The van der Waals surface area contributed by atoms with Gasteiger partial charge in [0.2, 0.25) is 11.8 Å². The molecule has 0 aliphatic carbocycles. The van der Waals surface area contributed by atoms with Gasteiger partial charge in [0, 0.05) is 51.3 Å². The lowest BCUT2D eigenvalue weighted by molar-refractivity contribution is -0.138. The van der Waals surface area contributed by atoms with Gasteiger partial charge in [-0.15, -0.1) is 0 Å². The summed E-state index contributed by atoms with van der Waals surface area (Å²) >= 11 is 0. The lowest BCUT2D eigenvalue weighted by Gasteiger charge is -2.30. The van der Waals surface area contributed by atoms with Crippen molar-refractivity contribution in [1.29, 1.82) is 0 Å². The zero-order valence-corrected chi connectivity index (χ0v) is 38.1. The molecule has 2 aromatic heterocycles. The first kappa shape index (κ1) is 45.3. The van der Waals surface area contributed by atoms with Gasteiger partial charge in [0.25, 0.3) is 0 Å². The van der Waals surface area contributed by atoms with Crippen molar-refractivity contribution in [2.75, 3.05) is 55.2 Å². The van der Waals surface area contributed by atoms with Gasteiger partial charge in [0.05, 0.1) is 68.0 Å². The quantitative estimate of drug-likeness (QED) is 0.101. The van der Waals surface area contributed by atoms with E-state index in [9.17, 15) is 19.2 Å². The monoisotopic (exact) mass is 894 g/mol. The molecule has 3 aliphatic rings. The molecule has 65 heavy (non-hydrogen) atoms. The Morgan fingerprint density at radius 2 is 1.45 bits per heavy atom. The van der Waals surface area contributed by atoms with E-state index in [1.165, 1.54) is 28.4 Å². The van der Waals surface area contributed by atoms with E-state index in [1.807, 2.05) is 12.1 Å². The molecule has 2 fully saturated rings. The topological polar surface area (TPSA) is 212 Å². The molecule has 18 nitrogen and oxygen atoms in total. The average Bonchev–Trinajstić information content (AvgIpc) is 4.16. The second-order valence-corrected chi connectivity index (χ2v) is 17.2. The van der Waals surface area contributed by atoms with Gasteiger partial charge in [-0.1, -0.05) is 31.5 Å². The number of imidazole rings is 2. The summed E-state index contributed by atoms with van der Waals surface area (Å²) in [6, 6.07) is 11.9. The highest BCUT2D eigenvalue weighted by atomic mass is 16.5. The fourth-order valence-electron chi connectivity index (χ4n) is 9.55. The number of hydrogen-bond acceptors (Lipinski definition) is 12. The number of nitrogens with one attached hydrogen (secondary N) is 4. The number of carbonyl (C=O) groups excluding carboxylic acids is 4. The number of likely N-dealkylation sites (tertiary alicyclic amines) is 2. The van der Waals surface area contributed by atoms with E-state index in [2.05, 4.69) is 57.9 Å². The Morgan fingerprint density at radius 1 is 0.800 bits per heavy atom. The number of aromatic nitrogens is 4. The molecule has 4 N–H and O–H groups in total. The van der Waals surface area contributed by atoms with Crippen molar-refractivity contribution in [2.45, 2.75) is 83.0 Å². The van der Waals surface area contributed by atoms with Crippen molar-refractivity contribution in [1.82, 2.24) is 40.4 Å². The third-order valence-corrected chi connectivity index (χ3v) is 13.4. The molecule has 0 radical (unpaired) electrons. The van der Waals surface area contributed by atoms with Gasteiger partial charge in [-0.2, -0.15) is 0 Å². The van der Waals surface area contributed by atoms with Crippen molar-refractivity contribution in [3.05, 3.63) is 65.9 Å². The minimum Gasteiger partial charge on any atom is -0.488 e. The molecule has 0 bridgehead atoms. The fraction of sp³-hybridized carbons (Fsp3) is 0.489. The molecule has 8 atom stereocenters. The zero-order valence-electron chi connectivity index (χ0n) is 38.1. The fourth-order valence-corrected chi connectivity index (χ4v) is 9.55. The number of rotatable bonds is 14. The average molecular weight is 895 g/mol. The van der Waals surface area contributed by atoms with Crippen molar-refractivity contribution in [2.24, 2.45) is 11.8 Å². The molecule has 5 aromatic rings. The molecule has 4 amide bonds. The van der Waals surface area contributed by atoms with E-state index in [-0.39, 0.29) is 29.7 Å². The lowest BCUT2D eigenvalue weighted by atomic mass is 9.92. The summed E-state index contributed by atoms with van der Waals surface area (Å²) in [6.07, 6.45) is 1.41. The molecule has 8 rings (SSSR count). The van der Waals surface area contributed by atoms with Crippen LogP contribution in [-0.4, -0.2) is 133 Å². The Hall–Kier alpha value is -6.24. The Morgan fingerprint density at radius 3 is 2.08 bits per heavy atom. The predicted octanol–water partition coefficient (Wildman–Crippen LogP) is 6.02. The molecule has 3 aromatic carbocycles. The van der Waals surface area contributed by atoms with Gasteiger partial charge in [-0.3, -0.25) is 9.59 Å². The van der Waals surface area contributed by atoms with Crippen LogP contribution in [-0.2, 0) is 39.9 Å². The second-order valence-electron chi connectivity index (χ2n) is 17.2. The van der Waals surface area contributed by atoms with Gasteiger partial charge >= 0.3 is 12.2 Å². The van der Waals surface area contributed by atoms with Crippen LogP contribution in [0.15, 0.2) is 48.7 Å². The Bertz CT molecular complexity index is 2580. The van der Waals surface area contributed by atoms with Crippen LogP contribution in [0.4, 0.5) is 9.59 Å². The van der Waals surface area contributed by atoms with Crippen molar-refractivity contribution in [3.63, 3.8) is 0 Å².